The highest BCUT2D eigenvalue weighted by Crippen LogP contribution is 2.38. The number of aryl methyl sites for hydroxylation is 2. The third-order valence-electron chi connectivity index (χ3n) is 6.00. The van der Waals surface area contributed by atoms with Crippen molar-refractivity contribution in [3.05, 3.63) is 94.1 Å². The summed E-state index contributed by atoms with van der Waals surface area (Å²) in [5.41, 5.74) is 5.39. The molecule has 8 heteroatoms. The molecule has 1 fully saturated rings. The summed E-state index contributed by atoms with van der Waals surface area (Å²) in [7, 11) is 0. The molecule has 0 bridgehead atoms. The van der Waals surface area contributed by atoms with Crippen molar-refractivity contribution < 1.29 is 18.7 Å². The lowest BCUT2D eigenvalue weighted by Crippen LogP contribution is -2.34. The number of esters is 1. The molecule has 1 aliphatic rings. The molecule has 1 aliphatic heterocycles. The minimum Gasteiger partial charge on any atom is -0.452 e. The lowest BCUT2D eigenvalue weighted by Gasteiger charge is -2.24. The first-order valence-electron chi connectivity index (χ1n) is 11.4. The van der Waals surface area contributed by atoms with Gasteiger partial charge in [0.05, 0.1) is 12.2 Å². The molecule has 0 N–H and O–H groups in total. The van der Waals surface area contributed by atoms with E-state index >= 15 is 0 Å². The standard InChI is InChI=1S/C27H28FN3O3S/c1-18-8-10-21(11-9-18)16-31-20(3)22(19(2)29-31)12-13-26(33)34-17-25(32)30-14-15-35-27(30)23-6-4-5-7-24(23)28/h4-13,27H,14-17H2,1-3H3/b13-12+. The van der Waals surface area contributed by atoms with Crippen LogP contribution in [0.2, 0.25) is 0 Å². The van der Waals surface area contributed by atoms with Crippen molar-refractivity contribution in [3.8, 4) is 0 Å². The second-order valence-corrected chi connectivity index (χ2v) is 9.69. The maximum Gasteiger partial charge on any atom is 0.331 e. The smallest absolute Gasteiger partial charge is 0.331 e. The first-order chi connectivity index (χ1) is 16.8. The fourth-order valence-corrected chi connectivity index (χ4v) is 5.35. The molecule has 0 saturated carbocycles. The van der Waals surface area contributed by atoms with Crippen LogP contribution in [0, 0.1) is 26.6 Å². The summed E-state index contributed by atoms with van der Waals surface area (Å²) in [6, 6.07) is 14.7. The van der Waals surface area contributed by atoms with E-state index in [0.717, 1.165) is 22.5 Å². The maximum absolute atomic E-state index is 14.2. The van der Waals surface area contributed by atoms with Crippen molar-refractivity contribution in [2.75, 3.05) is 18.9 Å². The van der Waals surface area contributed by atoms with Crippen molar-refractivity contribution in [2.45, 2.75) is 32.7 Å². The molecule has 35 heavy (non-hydrogen) atoms. The zero-order valence-electron chi connectivity index (χ0n) is 20.0. The van der Waals surface area contributed by atoms with Crippen LogP contribution in [0.5, 0.6) is 0 Å². The Morgan fingerprint density at radius 1 is 1.14 bits per heavy atom. The Morgan fingerprint density at radius 3 is 2.63 bits per heavy atom. The molecule has 0 radical (unpaired) electrons. The van der Waals surface area contributed by atoms with Gasteiger partial charge in [0.15, 0.2) is 6.61 Å². The molecule has 1 aromatic heterocycles. The number of nitrogens with zero attached hydrogens (tertiary/aromatic N) is 3. The van der Waals surface area contributed by atoms with Gasteiger partial charge in [0.25, 0.3) is 5.91 Å². The molecular weight excluding hydrogens is 465 g/mol. The van der Waals surface area contributed by atoms with Gasteiger partial charge in [0, 0.05) is 35.2 Å². The van der Waals surface area contributed by atoms with Crippen molar-refractivity contribution >= 4 is 29.7 Å². The van der Waals surface area contributed by atoms with Crippen LogP contribution >= 0.6 is 11.8 Å². The third kappa shape index (κ3) is 5.82. The quantitative estimate of drug-likeness (QED) is 0.349. The van der Waals surface area contributed by atoms with E-state index < -0.39 is 11.3 Å². The first-order valence-corrected chi connectivity index (χ1v) is 12.5. The van der Waals surface area contributed by atoms with Crippen LogP contribution in [0.4, 0.5) is 4.39 Å². The lowest BCUT2D eigenvalue weighted by atomic mass is 10.1. The van der Waals surface area contributed by atoms with Crippen molar-refractivity contribution in [2.24, 2.45) is 0 Å². The van der Waals surface area contributed by atoms with E-state index in [9.17, 15) is 14.0 Å². The normalized spacial score (nSPS) is 15.7. The molecule has 1 atom stereocenters. The minimum absolute atomic E-state index is 0.344. The molecular formula is C27H28FN3O3S. The molecule has 4 rings (SSSR count). The van der Waals surface area contributed by atoms with Crippen LogP contribution in [0.15, 0.2) is 54.6 Å². The number of thioether (sulfide) groups is 1. The number of carbonyl (C=O) groups is 2. The summed E-state index contributed by atoms with van der Waals surface area (Å²) >= 11 is 1.50. The van der Waals surface area contributed by atoms with Crippen LogP contribution in [-0.2, 0) is 20.9 Å². The van der Waals surface area contributed by atoms with Crippen molar-refractivity contribution in [3.63, 3.8) is 0 Å². The highest BCUT2D eigenvalue weighted by atomic mass is 32.2. The average Bonchev–Trinajstić information content (AvgIpc) is 3.43. The molecule has 3 aromatic rings. The number of amides is 1. The molecule has 1 unspecified atom stereocenters. The summed E-state index contributed by atoms with van der Waals surface area (Å²) in [6.07, 6.45) is 2.98. The Kier molecular flexibility index (Phi) is 7.70. The van der Waals surface area contributed by atoms with Gasteiger partial charge in [-0.3, -0.25) is 9.48 Å². The number of aromatic nitrogens is 2. The van der Waals surface area contributed by atoms with E-state index in [4.69, 9.17) is 4.74 Å². The van der Waals surface area contributed by atoms with Gasteiger partial charge in [-0.25, -0.2) is 9.18 Å². The van der Waals surface area contributed by atoms with Gasteiger partial charge in [-0.05, 0) is 38.5 Å². The summed E-state index contributed by atoms with van der Waals surface area (Å²) in [5, 5.41) is 4.18. The monoisotopic (exact) mass is 493 g/mol. The molecule has 1 amide bonds. The summed E-state index contributed by atoms with van der Waals surface area (Å²) in [6.45, 7) is 6.62. The highest BCUT2D eigenvalue weighted by molar-refractivity contribution is 7.99. The van der Waals surface area contributed by atoms with E-state index in [0.29, 0.717) is 24.4 Å². The van der Waals surface area contributed by atoms with E-state index in [1.807, 2.05) is 25.5 Å². The minimum atomic E-state index is -0.613. The average molecular weight is 494 g/mol. The number of benzene rings is 2. The van der Waals surface area contributed by atoms with Gasteiger partial charge < -0.3 is 9.64 Å². The largest absolute Gasteiger partial charge is 0.452 e. The molecule has 2 heterocycles. The van der Waals surface area contributed by atoms with Crippen LogP contribution in [0.1, 0.15) is 39.0 Å². The predicted molar refractivity (Wildman–Crippen MR) is 135 cm³/mol. The van der Waals surface area contributed by atoms with Gasteiger partial charge in [0.1, 0.15) is 11.2 Å². The van der Waals surface area contributed by atoms with Gasteiger partial charge >= 0.3 is 5.97 Å². The predicted octanol–water partition coefficient (Wildman–Crippen LogP) is 4.83. The Balaban J connectivity index is 1.35. The summed E-state index contributed by atoms with van der Waals surface area (Å²) in [4.78, 5) is 26.6. The maximum atomic E-state index is 14.2. The fraction of sp³-hybridized carbons (Fsp3) is 0.296. The van der Waals surface area contributed by atoms with Gasteiger partial charge in [0.2, 0.25) is 0 Å². The van der Waals surface area contributed by atoms with Gasteiger partial charge in [-0.1, -0.05) is 48.0 Å². The SMILES string of the molecule is Cc1ccc(Cn2nc(C)c(/C=C/C(=O)OCC(=O)N3CCSC3c3ccccc3F)c2C)cc1. The molecule has 0 aliphatic carbocycles. The van der Waals surface area contributed by atoms with E-state index in [-0.39, 0.29) is 18.3 Å². The molecule has 6 nitrogen and oxygen atoms in total. The summed E-state index contributed by atoms with van der Waals surface area (Å²) < 4.78 is 21.3. The zero-order chi connectivity index (χ0) is 24.9. The highest BCUT2D eigenvalue weighted by Gasteiger charge is 2.32. The van der Waals surface area contributed by atoms with E-state index in [1.54, 1.807) is 29.2 Å². The fourth-order valence-electron chi connectivity index (χ4n) is 4.05. The Morgan fingerprint density at radius 2 is 1.89 bits per heavy atom. The second kappa shape index (κ2) is 10.9. The number of rotatable bonds is 7. The van der Waals surface area contributed by atoms with Gasteiger partial charge in [-0.2, -0.15) is 5.10 Å². The van der Waals surface area contributed by atoms with Crippen molar-refractivity contribution in [1.82, 2.24) is 14.7 Å². The van der Waals surface area contributed by atoms with Crippen LogP contribution in [0.25, 0.3) is 6.08 Å². The second-order valence-electron chi connectivity index (χ2n) is 8.50. The molecule has 1 saturated heterocycles. The molecule has 182 valence electrons. The third-order valence-corrected chi connectivity index (χ3v) is 7.24. The molecule has 0 spiro atoms. The van der Waals surface area contributed by atoms with Gasteiger partial charge in [-0.15, -0.1) is 11.8 Å². The summed E-state index contributed by atoms with van der Waals surface area (Å²) in [5.74, 6) is -0.608. The number of ether oxygens (including phenoxy) is 1. The van der Waals surface area contributed by atoms with Crippen LogP contribution < -0.4 is 0 Å². The topological polar surface area (TPSA) is 64.4 Å². The van der Waals surface area contributed by atoms with Crippen LogP contribution in [-0.4, -0.2) is 45.5 Å². The van der Waals surface area contributed by atoms with Crippen molar-refractivity contribution in [1.29, 1.82) is 0 Å². The van der Waals surface area contributed by atoms with E-state index in [1.165, 1.54) is 29.5 Å². The number of halogens is 1. The first kappa shape index (κ1) is 24.7. The molecule has 2 aromatic carbocycles. The lowest BCUT2D eigenvalue weighted by molar-refractivity contribution is -0.148. The Bertz CT molecular complexity index is 1250. The number of hydrogen-bond acceptors (Lipinski definition) is 5. The van der Waals surface area contributed by atoms with E-state index in [2.05, 4.69) is 29.4 Å². The number of carbonyl (C=O) groups excluding carboxylic acids is 2. The zero-order valence-corrected chi connectivity index (χ0v) is 20.8. The Hall–Kier alpha value is -3.39. The van der Waals surface area contributed by atoms with Crippen LogP contribution in [0.3, 0.4) is 0 Å². The Labute approximate surface area is 208 Å². The number of hydrogen-bond donors (Lipinski definition) is 0.